The molecule has 0 spiro atoms. The predicted octanol–water partition coefficient (Wildman–Crippen LogP) is 6.92. The lowest BCUT2D eigenvalue weighted by atomic mass is 9.82. The fourth-order valence-electron chi connectivity index (χ4n) is 13.4. The van der Waals surface area contributed by atoms with Gasteiger partial charge in [-0.3, -0.25) is 30.3 Å². The summed E-state index contributed by atoms with van der Waals surface area (Å²) in [5.74, 6) is 2.82. The number of amides is 3. The standard InChI is InChI=1S/C51H90N12O3/c1-46(2)31-61(40(64)49(7,8)58-46)28-37(34-22-16-13-17-23-34)52-43-55-44(53-38(35-24-18-14-19-25-35)29-62-32-47(3,4)59-50(9,10)41(62)65)57-45(56-43)54-39(36-26-20-15-21-27-36)30-63-33-48(5,6)60-51(11,12)42(63)66/h34-39,58-60H,13-33H2,1-12H3,(H3,52,53,54,55,56,57). The van der Waals surface area contributed by atoms with Gasteiger partial charge < -0.3 is 30.7 Å². The molecule has 372 valence electrons. The molecule has 3 aliphatic carbocycles. The molecule has 0 bridgehead atoms. The highest BCUT2D eigenvalue weighted by atomic mass is 16.2. The van der Waals surface area contributed by atoms with Gasteiger partial charge in [-0.25, -0.2) is 0 Å². The van der Waals surface area contributed by atoms with E-state index >= 15 is 0 Å². The maximum Gasteiger partial charge on any atom is 0.242 e. The summed E-state index contributed by atoms with van der Waals surface area (Å²) >= 11 is 0. The molecule has 15 nitrogen and oxygen atoms in total. The van der Waals surface area contributed by atoms with E-state index in [9.17, 15) is 14.4 Å². The Labute approximate surface area is 398 Å². The Morgan fingerprint density at radius 2 is 0.652 bits per heavy atom. The molecule has 6 fully saturated rings. The van der Waals surface area contributed by atoms with Gasteiger partial charge in [-0.15, -0.1) is 0 Å². The molecule has 0 aromatic carbocycles. The van der Waals surface area contributed by atoms with Crippen molar-refractivity contribution in [3.8, 4) is 0 Å². The zero-order chi connectivity index (χ0) is 47.9. The normalized spacial score (nSPS) is 27.3. The highest BCUT2D eigenvalue weighted by Gasteiger charge is 2.47. The van der Waals surface area contributed by atoms with Crippen molar-refractivity contribution in [3.05, 3.63) is 0 Å². The summed E-state index contributed by atoms with van der Waals surface area (Å²) in [5, 5.41) is 22.4. The summed E-state index contributed by atoms with van der Waals surface area (Å²) in [5.41, 5.74) is -2.79. The van der Waals surface area contributed by atoms with Crippen LogP contribution in [0.15, 0.2) is 0 Å². The third-order valence-electron chi connectivity index (χ3n) is 15.7. The summed E-state index contributed by atoms with van der Waals surface area (Å²) in [4.78, 5) is 64.2. The molecule has 66 heavy (non-hydrogen) atoms. The molecule has 3 saturated carbocycles. The number of hydrogen-bond acceptors (Lipinski definition) is 12. The zero-order valence-corrected chi connectivity index (χ0v) is 43.2. The van der Waals surface area contributed by atoms with Gasteiger partial charge in [0, 0.05) is 74.0 Å². The van der Waals surface area contributed by atoms with Crippen LogP contribution < -0.4 is 31.9 Å². The van der Waals surface area contributed by atoms with E-state index in [1.54, 1.807) is 0 Å². The van der Waals surface area contributed by atoms with Gasteiger partial charge in [0.05, 0.1) is 16.6 Å². The second-order valence-corrected chi connectivity index (χ2v) is 25.2. The first kappa shape index (κ1) is 50.6. The molecule has 1 aromatic heterocycles. The van der Waals surface area contributed by atoms with Crippen LogP contribution in [0.1, 0.15) is 179 Å². The van der Waals surface area contributed by atoms with Crippen LogP contribution in [0, 0.1) is 17.8 Å². The molecule has 3 saturated heterocycles. The molecular formula is C51H90N12O3. The lowest BCUT2D eigenvalue weighted by molar-refractivity contribution is -0.144. The highest BCUT2D eigenvalue weighted by Crippen LogP contribution is 2.35. The molecule has 3 atom stereocenters. The van der Waals surface area contributed by atoms with Crippen LogP contribution in [0.5, 0.6) is 0 Å². The summed E-state index contributed by atoms with van der Waals surface area (Å²) < 4.78 is 0. The minimum absolute atomic E-state index is 0.0730. The second-order valence-electron chi connectivity index (χ2n) is 25.2. The van der Waals surface area contributed by atoms with Gasteiger partial charge in [-0.2, -0.15) is 15.0 Å². The minimum atomic E-state index is -0.686. The Hall–Kier alpha value is -3.30. The Kier molecular flexibility index (Phi) is 15.0. The van der Waals surface area contributed by atoms with Crippen LogP contribution in [-0.2, 0) is 14.4 Å². The van der Waals surface area contributed by atoms with Crippen molar-refractivity contribution in [2.45, 2.75) is 231 Å². The molecule has 3 amide bonds. The predicted molar refractivity (Wildman–Crippen MR) is 265 cm³/mol. The first-order valence-corrected chi connectivity index (χ1v) is 26.1. The van der Waals surface area contributed by atoms with Gasteiger partial charge in [0.1, 0.15) is 0 Å². The fourth-order valence-corrected chi connectivity index (χ4v) is 13.4. The number of aromatic nitrogens is 3. The van der Waals surface area contributed by atoms with E-state index in [1.807, 2.05) is 41.5 Å². The molecule has 4 heterocycles. The molecule has 3 unspecified atom stereocenters. The molecule has 6 aliphatic rings. The zero-order valence-electron chi connectivity index (χ0n) is 43.2. The van der Waals surface area contributed by atoms with Crippen LogP contribution >= 0.6 is 0 Å². The monoisotopic (exact) mass is 919 g/mol. The van der Waals surface area contributed by atoms with E-state index in [0.29, 0.717) is 74.9 Å². The largest absolute Gasteiger partial charge is 0.349 e. The number of nitrogens with zero attached hydrogens (tertiary/aromatic N) is 6. The molecule has 1 aromatic rings. The van der Waals surface area contributed by atoms with Gasteiger partial charge in [0.2, 0.25) is 35.6 Å². The molecule has 15 heteroatoms. The average Bonchev–Trinajstić information content (AvgIpc) is 3.22. The number of nitrogens with one attached hydrogen (secondary N) is 6. The van der Waals surface area contributed by atoms with E-state index in [2.05, 4.69) is 88.1 Å². The molecular weight excluding hydrogens is 829 g/mol. The Balaban J connectivity index is 1.26. The number of rotatable bonds is 15. The molecule has 0 radical (unpaired) electrons. The topological polar surface area (TPSA) is 172 Å². The number of carbonyl (C=O) groups excluding carboxylic acids is 3. The Morgan fingerprint density at radius 1 is 0.424 bits per heavy atom. The van der Waals surface area contributed by atoms with Crippen molar-refractivity contribution < 1.29 is 14.4 Å². The second kappa shape index (κ2) is 19.6. The summed E-state index contributed by atoms with van der Waals surface area (Å²) in [6.07, 6.45) is 17.1. The first-order valence-electron chi connectivity index (χ1n) is 26.1. The van der Waals surface area contributed by atoms with Crippen LogP contribution in [0.4, 0.5) is 17.8 Å². The smallest absolute Gasteiger partial charge is 0.242 e. The Bertz CT molecular complexity index is 1640. The van der Waals surface area contributed by atoms with Crippen molar-refractivity contribution in [1.29, 1.82) is 0 Å². The quantitative estimate of drug-likeness (QED) is 0.108. The number of hydrogen-bond donors (Lipinski definition) is 6. The SMILES string of the molecule is CC1(C)CN(CC(Nc2nc(NC(CN3CC(C)(C)NC(C)(C)C3=O)C3CCCCC3)nc(NC(CN3CC(C)(C)NC(C)(C)C3=O)C3CCCCC3)n2)C2CCCCC2)C(=O)C(C)(C)N1. The van der Waals surface area contributed by atoms with Gasteiger partial charge in [0.15, 0.2) is 0 Å². The average molecular weight is 919 g/mol. The summed E-state index contributed by atoms with van der Waals surface area (Å²) in [7, 11) is 0. The number of carbonyl (C=O) groups is 3. The maximum absolute atomic E-state index is 14.1. The van der Waals surface area contributed by atoms with E-state index in [1.165, 1.54) is 19.3 Å². The van der Waals surface area contributed by atoms with E-state index in [0.717, 1.165) is 77.0 Å². The third kappa shape index (κ3) is 12.5. The van der Waals surface area contributed by atoms with Gasteiger partial charge in [-0.05, 0) is 139 Å². The Morgan fingerprint density at radius 3 is 0.879 bits per heavy atom. The first-order chi connectivity index (χ1) is 30.8. The van der Waals surface area contributed by atoms with Crippen LogP contribution in [-0.4, -0.2) is 138 Å². The minimum Gasteiger partial charge on any atom is -0.349 e. The lowest BCUT2D eigenvalue weighted by Gasteiger charge is -2.49. The van der Waals surface area contributed by atoms with Crippen molar-refractivity contribution in [2.24, 2.45) is 17.8 Å². The van der Waals surface area contributed by atoms with Crippen molar-refractivity contribution >= 4 is 35.6 Å². The van der Waals surface area contributed by atoms with E-state index in [4.69, 9.17) is 15.0 Å². The van der Waals surface area contributed by atoms with Gasteiger partial charge in [0.25, 0.3) is 0 Å². The van der Waals surface area contributed by atoms with Crippen LogP contribution in [0.25, 0.3) is 0 Å². The fraction of sp³-hybridized carbons (Fsp3) is 0.882. The summed E-state index contributed by atoms with van der Waals surface area (Å²) in [6, 6.07) is -0.219. The van der Waals surface area contributed by atoms with E-state index < -0.39 is 16.6 Å². The highest BCUT2D eigenvalue weighted by molar-refractivity contribution is 5.88. The third-order valence-corrected chi connectivity index (χ3v) is 15.7. The van der Waals surface area contributed by atoms with Crippen molar-refractivity contribution in [3.63, 3.8) is 0 Å². The number of piperazine rings is 3. The van der Waals surface area contributed by atoms with Crippen LogP contribution in [0.3, 0.4) is 0 Å². The van der Waals surface area contributed by atoms with Crippen molar-refractivity contribution in [1.82, 2.24) is 45.6 Å². The maximum atomic E-state index is 14.1. The van der Waals surface area contributed by atoms with Crippen LogP contribution in [0.2, 0.25) is 0 Å². The lowest BCUT2D eigenvalue weighted by Crippen LogP contribution is -2.70. The van der Waals surface area contributed by atoms with Gasteiger partial charge >= 0.3 is 0 Å². The number of anilines is 3. The van der Waals surface area contributed by atoms with Gasteiger partial charge in [-0.1, -0.05) is 57.8 Å². The van der Waals surface area contributed by atoms with Crippen molar-refractivity contribution in [2.75, 3.05) is 55.2 Å². The molecule has 3 aliphatic heterocycles. The molecule has 7 rings (SSSR count). The van der Waals surface area contributed by atoms with E-state index in [-0.39, 0.29) is 52.5 Å². The molecule has 6 N–H and O–H groups in total. The summed E-state index contributed by atoms with van der Waals surface area (Å²) in [6.45, 7) is 28.5.